The van der Waals surface area contributed by atoms with Crippen LogP contribution in [-0.2, 0) is 21.0 Å². The van der Waals surface area contributed by atoms with Crippen molar-refractivity contribution in [3.63, 3.8) is 0 Å². The van der Waals surface area contributed by atoms with E-state index in [0.717, 1.165) is 30.3 Å². The van der Waals surface area contributed by atoms with Crippen LogP contribution in [0.5, 0.6) is 0 Å². The molecule has 0 radical (unpaired) electrons. The molecule has 188 valence electrons. The van der Waals surface area contributed by atoms with Gasteiger partial charge in [0.1, 0.15) is 28.2 Å². The van der Waals surface area contributed by atoms with Gasteiger partial charge in [0, 0.05) is 17.2 Å². The van der Waals surface area contributed by atoms with Crippen molar-refractivity contribution in [2.75, 3.05) is 5.73 Å². The molecule has 0 aliphatic rings. The number of hydrogen-bond donors (Lipinski definition) is 2. The molecule has 7 nitrogen and oxygen atoms in total. The van der Waals surface area contributed by atoms with Gasteiger partial charge in [0.15, 0.2) is 9.84 Å². The highest BCUT2D eigenvalue weighted by molar-refractivity contribution is 7.90. The Morgan fingerprint density at radius 3 is 2.33 bits per heavy atom. The van der Waals surface area contributed by atoms with E-state index in [9.17, 15) is 21.6 Å². The maximum absolute atomic E-state index is 14.8. The van der Waals surface area contributed by atoms with E-state index in [2.05, 4.69) is 19.9 Å². The third-order valence-corrected chi connectivity index (χ3v) is 7.44. The number of nitrogens with zero attached hydrogens (tertiary/aromatic N) is 3. The van der Waals surface area contributed by atoms with Gasteiger partial charge < -0.3 is 10.7 Å². The van der Waals surface area contributed by atoms with Gasteiger partial charge in [-0.3, -0.25) is 0 Å². The van der Waals surface area contributed by atoms with Gasteiger partial charge in [-0.1, -0.05) is 38.4 Å². The number of anilines is 1. The minimum absolute atomic E-state index is 0.00519. The number of halogens is 4. The fourth-order valence-corrected chi connectivity index (χ4v) is 5.46. The van der Waals surface area contributed by atoms with Gasteiger partial charge in [0.2, 0.25) is 5.95 Å². The summed E-state index contributed by atoms with van der Waals surface area (Å²) < 4.78 is 69.0. The lowest BCUT2D eigenvalue weighted by atomic mass is 9.96. The second-order valence-electron chi connectivity index (χ2n) is 9.10. The quantitative estimate of drug-likeness (QED) is 0.351. The van der Waals surface area contributed by atoms with Crippen molar-refractivity contribution >= 4 is 27.4 Å². The molecule has 2 heterocycles. The first kappa shape index (κ1) is 25.6. The lowest BCUT2D eigenvalue weighted by molar-refractivity contribution is 0.519. The van der Waals surface area contributed by atoms with E-state index in [1.165, 1.54) is 6.20 Å². The van der Waals surface area contributed by atoms with E-state index in [1.54, 1.807) is 6.07 Å². The van der Waals surface area contributed by atoms with Crippen LogP contribution in [0.2, 0.25) is 5.02 Å². The second kappa shape index (κ2) is 9.21. The Kier molecular flexibility index (Phi) is 6.56. The first-order valence-electron chi connectivity index (χ1n) is 10.6. The molecule has 0 spiro atoms. The zero-order valence-corrected chi connectivity index (χ0v) is 21.0. The summed E-state index contributed by atoms with van der Waals surface area (Å²) in [4.78, 5) is 14.7. The molecule has 4 rings (SSSR count). The molecule has 4 aromatic rings. The maximum Gasteiger partial charge on any atom is 0.220 e. The highest BCUT2D eigenvalue weighted by atomic mass is 35.5. The number of hydrogen-bond acceptors (Lipinski definition) is 6. The molecule has 0 unspecified atom stereocenters. The second-order valence-corrected chi connectivity index (χ2v) is 11.4. The largest absolute Gasteiger partial charge is 0.368 e. The number of nitrogen functional groups attached to an aromatic ring is 1. The molecule has 0 aliphatic heterocycles. The van der Waals surface area contributed by atoms with Crippen LogP contribution < -0.4 is 5.73 Å². The fraction of sp³-hybridized carbons (Fsp3) is 0.208. The molecule has 0 bridgehead atoms. The molecular weight excluding hydrogens is 515 g/mol. The fourth-order valence-electron chi connectivity index (χ4n) is 3.60. The average molecular weight is 536 g/mol. The molecule has 36 heavy (non-hydrogen) atoms. The summed E-state index contributed by atoms with van der Waals surface area (Å²) in [5.74, 6) is -3.76. The van der Waals surface area contributed by atoms with Crippen molar-refractivity contribution in [3.05, 3.63) is 76.5 Å². The molecule has 0 aliphatic carbocycles. The number of aromatic nitrogens is 4. The Bertz CT molecular complexity index is 1560. The van der Waals surface area contributed by atoms with Crippen LogP contribution in [0.25, 0.3) is 22.6 Å². The van der Waals surface area contributed by atoms with Crippen molar-refractivity contribution in [2.45, 2.75) is 36.8 Å². The molecule has 0 amide bonds. The Morgan fingerprint density at radius 2 is 1.72 bits per heavy atom. The van der Waals surface area contributed by atoms with Gasteiger partial charge in [0.05, 0.1) is 27.9 Å². The first-order valence-corrected chi connectivity index (χ1v) is 12.7. The zero-order chi connectivity index (χ0) is 26.4. The summed E-state index contributed by atoms with van der Waals surface area (Å²) >= 11 is 6.57. The minimum Gasteiger partial charge on any atom is -0.368 e. The third-order valence-electron chi connectivity index (χ3n) is 5.29. The summed E-state index contributed by atoms with van der Waals surface area (Å²) in [7, 11) is -4.57. The van der Waals surface area contributed by atoms with Gasteiger partial charge in [0.25, 0.3) is 0 Å². The van der Waals surface area contributed by atoms with Gasteiger partial charge in [-0.05, 0) is 35.9 Å². The number of H-pyrrole nitrogens is 1. The Hall–Kier alpha value is -3.44. The monoisotopic (exact) mass is 535 g/mol. The highest BCUT2D eigenvalue weighted by Gasteiger charge is 2.29. The zero-order valence-electron chi connectivity index (χ0n) is 19.4. The molecule has 0 saturated heterocycles. The molecule has 2 aromatic heterocycles. The Labute approximate surface area is 210 Å². The van der Waals surface area contributed by atoms with E-state index in [-0.39, 0.29) is 27.8 Å². The predicted molar refractivity (Wildman–Crippen MR) is 130 cm³/mol. The topological polar surface area (TPSA) is 115 Å². The van der Waals surface area contributed by atoms with Crippen LogP contribution in [0.15, 0.2) is 47.5 Å². The van der Waals surface area contributed by atoms with Crippen LogP contribution in [0, 0.1) is 17.5 Å². The average Bonchev–Trinajstić information content (AvgIpc) is 3.21. The number of nitrogens with two attached hydrogens (primary N) is 1. The SMILES string of the molecule is CC(C)(C)c1nc(-c2cc(F)cc(CS(=O)(=O)c3c(F)cccc3F)c2Cl)c(-c2ccnc(N)n2)[nH]1. The molecular formula is C24H21ClF3N5O2S. The summed E-state index contributed by atoms with van der Waals surface area (Å²) in [6.07, 6.45) is 1.44. The highest BCUT2D eigenvalue weighted by Crippen LogP contribution is 2.39. The summed E-state index contributed by atoms with van der Waals surface area (Å²) in [5, 5.41) is -0.146. The van der Waals surface area contributed by atoms with Crippen LogP contribution in [-0.4, -0.2) is 28.4 Å². The summed E-state index contributed by atoms with van der Waals surface area (Å²) in [6.45, 7) is 5.71. The van der Waals surface area contributed by atoms with Crippen LogP contribution in [0.4, 0.5) is 19.1 Å². The lowest BCUT2D eigenvalue weighted by Crippen LogP contribution is -2.13. The smallest absolute Gasteiger partial charge is 0.220 e. The summed E-state index contributed by atoms with van der Waals surface area (Å²) in [6, 6.07) is 6.26. The Morgan fingerprint density at radius 1 is 1.06 bits per heavy atom. The van der Waals surface area contributed by atoms with E-state index in [4.69, 9.17) is 17.3 Å². The number of benzene rings is 2. The lowest BCUT2D eigenvalue weighted by Gasteiger charge is -2.14. The van der Waals surface area contributed by atoms with E-state index in [1.807, 2.05) is 20.8 Å². The van der Waals surface area contributed by atoms with Gasteiger partial charge >= 0.3 is 0 Å². The van der Waals surface area contributed by atoms with Crippen molar-refractivity contribution in [3.8, 4) is 22.6 Å². The Balaban J connectivity index is 1.90. The van der Waals surface area contributed by atoms with Crippen molar-refractivity contribution < 1.29 is 21.6 Å². The molecule has 3 N–H and O–H groups in total. The standard InChI is InChI=1S/C24H21ClF3N5O2S/c1-24(2,3)22-32-19(20(33-22)17-7-8-30-23(29)31-17)14-10-13(26)9-12(18(14)25)11-36(34,35)21-15(27)5-4-6-16(21)28/h4-10H,11H2,1-3H3,(H,32,33)(H2,29,30,31). The van der Waals surface area contributed by atoms with E-state index < -0.39 is 43.4 Å². The maximum atomic E-state index is 14.8. The van der Waals surface area contributed by atoms with Crippen LogP contribution in [0.3, 0.4) is 0 Å². The van der Waals surface area contributed by atoms with Crippen LogP contribution in [0.1, 0.15) is 32.2 Å². The van der Waals surface area contributed by atoms with Crippen molar-refractivity contribution in [1.29, 1.82) is 0 Å². The molecule has 12 heteroatoms. The number of rotatable bonds is 5. The number of aromatic amines is 1. The number of nitrogens with one attached hydrogen (secondary N) is 1. The van der Waals surface area contributed by atoms with E-state index >= 15 is 0 Å². The molecule has 2 aromatic carbocycles. The number of sulfone groups is 1. The predicted octanol–water partition coefficient (Wildman–Crippen LogP) is 5.46. The van der Waals surface area contributed by atoms with Gasteiger partial charge in [-0.2, -0.15) is 0 Å². The molecule has 0 fully saturated rings. The molecule has 0 atom stereocenters. The third kappa shape index (κ3) is 4.93. The number of imidazole rings is 1. The van der Waals surface area contributed by atoms with E-state index in [0.29, 0.717) is 17.2 Å². The summed E-state index contributed by atoms with van der Waals surface area (Å²) in [5.41, 5.74) is 6.05. The molecule has 0 saturated carbocycles. The van der Waals surface area contributed by atoms with Crippen molar-refractivity contribution in [2.24, 2.45) is 0 Å². The van der Waals surface area contributed by atoms with Gasteiger partial charge in [-0.25, -0.2) is 36.5 Å². The van der Waals surface area contributed by atoms with Gasteiger partial charge in [-0.15, -0.1) is 0 Å². The minimum atomic E-state index is -4.57. The normalized spacial score (nSPS) is 12.2. The van der Waals surface area contributed by atoms with Crippen molar-refractivity contribution in [1.82, 2.24) is 19.9 Å². The first-order chi connectivity index (χ1) is 16.8. The van der Waals surface area contributed by atoms with Crippen LogP contribution >= 0.6 is 11.6 Å².